The molecule has 0 spiro atoms. The first kappa shape index (κ1) is 22.9. The minimum atomic E-state index is -4.39. The van der Waals surface area contributed by atoms with Gasteiger partial charge in [0, 0.05) is 50.5 Å². The number of benzene rings is 2. The molecule has 2 fully saturated rings. The van der Waals surface area contributed by atoms with E-state index in [0.29, 0.717) is 45.0 Å². The molecule has 2 amide bonds. The number of alkyl halides is 3. The van der Waals surface area contributed by atoms with Gasteiger partial charge in [-0.25, -0.2) is 0 Å². The Morgan fingerprint density at radius 1 is 1.03 bits per heavy atom. The van der Waals surface area contributed by atoms with Crippen molar-refractivity contribution in [2.45, 2.75) is 19.5 Å². The van der Waals surface area contributed by atoms with E-state index in [1.54, 1.807) is 28.0 Å². The third-order valence-corrected chi connectivity index (χ3v) is 6.06. The Bertz CT molecular complexity index is 1000. The Kier molecular flexibility index (Phi) is 6.49. The molecule has 1 unspecified atom stereocenters. The lowest BCUT2D eigenvalue weighted by Crippen LogP contribution is -2.50. The number of nitrogens with zero attached hydrogens (tertiary/aromatic N) is 3. The minimum absolute atomic E-state index is 0.0829. The number of carbonyl (C=O) groups excluding carboxylic acids is 2. The molecule has 1 atom stereocenters. The van der Waals surface area contributed by atoms with Gasteiger partial charge < -0.3 is 19.4 Å². The lowest BCUT2D eigenvalue weighted by atomic mass is 10.1. The summed E-state index contributed by atoms with van der Waals surface area (Å²) in [5.74, 6) is 0.115. The van der Waals surface area contributed by atoms with Crippen molar-refractivity contribution < 1.29 is 27.5 Å². The van der Waals surface area contributed by atoms with Crippen LogP contribution in [0.15, 0.2) is 48.5 Å². The number of hydrogen-bond donors (Lipinski definition) is 0. The Hall–Kier alpha value is -3.23. The third-order valence-electron chi connectivity index (χ3n) is 6.06. The van der Waals surface area contributed by atoms with Crippen molar-refractivity contribution in [2.24, 2.45) is 5.92 Å². The molecule has 0 bridgehead atoms. The molecule has 2 aliphatic heterocycles. The van der Waals surface area contributed by atoms with E-state index >= 15 is 0 Å². The Labute approximate surface area is 190 Å². The van der Waals surface area contributed by atoms with Crippen molar-refractivity contribution in [3.8, 4) is 5.75 Å². The van der Waals surface area contributed by atoms with Gasteiger partial charge in [0.05, 0.1) is 18.1 Å². The first-order chi connectivity index (χ1) is 15.8. The number of piperazine rings is 1. The monoisotopic (exact) mass is 461 g/mol. The molecule has 33 heavy (non-hydrogen) atoms. The number of carbonyl (C=O) groups is 2. The molecule has 2 saturated heterocycles. The van der Waals surface area contributed by atoms with Crippen LogP contribution in [-0.4, -0.2) is 56.0 Å². The molecule has 2 aromatic carbocycles. The van der Waals surface area contributed by atoms with E-state index in [1.807, 2.05) is 24.0 Å². The third kappa shape index (κ3) is 5.07. The number of rotatable bonds is 5. The van der Waals surface area contributed by atoms with E-state index in [-0.39, 0.29) is 18.2 Å². The van der Waals surface area contributed by atoms with Crippen molar-refractivity contribution in [1.82, 2.24) is 4.90 Å². The number of ether oxygens (including phenoxy) is 1. The maximum Gasteiger partial charge on any atom is 0.416 e. The van der Waals surface area contributed by atoms with Crippen LogP contribution in [0.4, 0.5) is 24.5 Å². The van der Waals surface area contributed by atoms with Crippen LogP contribution < -0.4 is 14.5 Å². The molecule has 0 N–H and O–H groups in total. The SMILES string of the molecule is CCOc1ccc(N2CC(C(=O)N3CCN(c4cccc(C(F)(F)F)c4)CC3)CC2=O)cc1. The maximum atomic E-state index is 13.1. The van der Waals surface area contributed by atoms with Crippen molar-refractivity contribution in [3.05, 3.63) is 54.1 Å². The summed E-state index contributed by atoms with van der Waals surface area (Å²) in [5.41, 5.74) is 0.542. The largest absolute Gasteiger partial charge is 0.494 e. The standard InChI is InChI=1S/C24H26F3N3O3/c1-2-33-21-8-6-19(7-9-21)30-16-17(14-22(30)31)23(32)29-12-10-28(11-13-29)20-5-3-4-18(15-20)24(25,26)27/h3-9,15,17H,2,10-14,16H2,1H3. The molecule has 0 radical (unpaired) electrons. The normalized spacial score (nSPS) is 19.2. The molecular weight excluding hydrogens is 435 g/mol. The second kappa shape index (κ2) is 9.33. The Morgan fingerprint density at radius 3 is 2.36 bits per heavy atom. The van der Waals surface area contributed by atoms with Crippen LogP contribution >= 0.6 is 0 Å². The highest BCUT2D eigenvalue weighted by atomic mass is 19.4. The minimum Gasteiger partial charge on any atom is -0.494 e. The quantitative estimate of drug-likeness (QED) is 0.680. The predicted molar refractivity (Wildman–Crippen MR) is 118 cm³/mol. The van der Waals surface area contributed by atoms with Gasteiger partial charge in [0.15, 0.2) is 0 Å². The zero-order valence-corrected chi connectivity index (χ0v) is 18.3. The molecule has 2 aromatic rings. The summed E-state index contributed by atoms with van der Waals surface area (Å²) < 4.78 is 44.4. The van der Waals surface area contributed by atoms with Gasteiger partial charge in [0.25, 0.3) is 0 Å². The van der Waals surface area contributed by atoms with Crippen LogP contribution in [0.5, 0.6) is 5.75 Å². The molecule has 0 saturated carbocycles. The van der Waals surface area contributed by atoms with Crippen LogP contribution in [0.1, 0.15) is 18.9 Å². The number of halogens is 3. The summed E-state index contributed by atoms with van der Waals surface area (Å²) in [5, 5.41) is 0. The fourth-order valence-electron chi connectivity index (χ4n) is 4.33. The molecule has 2 aliphatic rings. The van der Waals surface area contributed by atoms with Gasteiger partial charge in [-0.05, 0) is 49.4 Å². The fourth-order valence-corrected chi connectivity index (χ4v) is 4.33. The van der Waals surface area contributed by atoms with Crippen LogP contribution in [0, 0.1) is 5.92 Å². The second-order valence-corrected chi connectivity index (χ2v) is 8.19. The van der Waals surface area contributed by atoms with E-state index in [9.17, 15) is 22.8 Å². The molecule has 176 valence electrons. The Morgan fingerprint density at radius 2 is 1.73 bits per heavy atom. The van der Waals surface area contributed by atoms with E-state index in [2.05, 4.69) is 0 Å². The first-order valence-corrected chi connectivity index (χ1v) is 11.0. The number of anilines is 2. The fraction of sp³-hybridized carbons (Fsp3) is 0.417. The molecule has 9 heteroatoms. The molecule has 6 nitrogen and oxygen atoms in total. The van der Waals surface area contributed by atoms with E-state index in [4.69, 9.17) is 4.74 Å². The second-order valence-electron chi connectivity index (χ2n) is 8.19. The van der Waals surface area contributed by atoms with Gasteiger partial charge in [0.1, 0.15) is 5.75 Å². The number of hydrogen-bond acceptors (Lipinski definition) is 4. The predicted octanol–water partition coefficient (Wildman–Crippen LogP) is 3.81. The van der Waals surface area contributed by atoms with Gasteiger partial charge in [0.2, 0.25) is 11.8 Å². The highest BCUT2D eigenvalue weighted by molar-refractivity contribution is 6.00. The van der Waals surface area contributed by atoms with E-state index < -0.39 is 17.7 Å². The molecule has 2 heterocycles. The Balaban J connectivity index is 1.35. The summed E-state index contributed by atoms with van der Waals surface area (Å²) >= 11 is 0. The van der Waals surface area contributed by atoms with Crippen LogP contribution in [0.3, 0.4) is 0 Å². The van der Waals surface area contributed by atoms with Crippen molar-refractivity contribution >= 4 is 23.2 Å². The number of amides is 2. The summed E-state index contributed by atoms with van der Waals surface area (Å²) in [4.78, 5) is 30.8. The summed E-state index contributed by atoms with van der Waals surface area (Å²) in [7, 11) is 0. The average molecular weight is 461 g/mol. The van der Waals surface area contributed by atoms with Gasteiger partial charge in [-0.3, -0.25) is 9.59 Å². The highest BCUT2D eigenvalue weighted by Gasteiger charge is 2.38. The summed E-state index contributed by atoms with van der Waals surface area (Å²) in [6.07, 6.45) is -4.24. The maximum absolute atomic E-state index is 13.1. The lowest BCUT2D eigenvalue weighted by molar-refractivity contribution is -0.137. The van der Waals surface area contributed by atoms with Gasteiger partial charge in [-0.1, -0.05) is 6.07 Å². The van der Waals surface area contributed by atoms with Crippen LogP contribution in [-0.2, 0) is 15.8 Å². The van der Waals surface area contributed by atoms with Crippen molar-refractivity contribution in [3.63, 3.8) is 0 Å². The average Bonchev–Trinajstić information content (AvgIpc) is 3.20. The molecular formula is C24H26F3N3O3. The van der Waals surface area contributed by atoms with Gasteiger partial charge in [-0.2, -0.15) is 13.2 Å². The highest BCUT2D eigenvalue weighted by Crippen LogP contribution is 2.32. The summed E-state index contributed by atoms with van der Waals surface area (Å²) in [6.45, 7) is 4.46. The smallest absolute Gasteiger partial charge is 0.416 e. The van der Waals surface area contributed by atoms with Crippen molar-refractivity contribution in [1.29, 1.82) is 0 Å². The molecule has 0 aliphatic carbocycles. The topological polar surface area (TPSA) is 53.1 Å². The zero-order valence-electron chi connectivity index (χ0n) is 18.3. The van der Waals surface area contributed by atoms with Gasteiger partial charge >= 0.3 is 6.18 Å². The first-order valence-electron chi connectivity index (χ1n) is 11.0. The van der Waals surface area contributed by atoms with Gasteiger partial charge in [-0.15, -0.1) is 0 Å². The van der Waals surface area contributed by atoms with Crippen LogP contribution in [0.25, 0.3) is 0 Å². The van der Waals surface area contributed by atoms with E-state index in [0.717, 1.165) is 23.6 Å². The zero-order chi connectivity index (χ0) is 23.6. The van der Waals surface area contributed by atoms with Crippen LogP contribution in [0.2, 0.25) is 0 Å². The molecule has 0 aromatic heterocycles. The summed E-state index contributed by atoms with van der Waals surface area (Å²) in [6, 6.07) is 12.5. The van der Waals surface area contributed by atoms with E-state index in [1.165, 1.54) is 6.07 Å². The lowest BCUT2D eigenvalue weighted by Gasteiger charge is -2.37. The molecule has 4 rings (SSSR count). The van der Waals surface area contributed by atoms with Crippen molar-refractivity contribution in [2.75, 3.05) is 49.1 Å².